The number of benzene rings is 2. The minimum absolute atomic E-state index is 0.117. The van der Waals surface area contributed by atoms with Gasteiger partial charge in [0, 0.05) is 31.1 Å². The van der Waals surface area contributed by atoms with Crippen LogP contribution in [-0.4, -0.2) is 42.8 Å². The molecule has 1 aliphatic heterocycles. The molecule has 2 atom stereocenters. The van der Waals surface area contributed by atoms with Gasteiger partial charge in [-0.25, -0.2) is 4.79 Å². The second-order valence-electron chi connectivity index (χ2n) is 7.33. The minimum Gasteiger partial charge on any atom is -0.448 e. The Kier molecular flexibility index (Phi) is 4.68. The molecule has 4 nitrogen and oxygen atoms in total. The van der Waals surface area contributed by atoms with Gasteiger partial charge in [0.15, 0.2) is 0 Å². The summed E-state index contributed by atoms with van der Waals surface area (Å²) in [5, 5.41) is 3.44. The molecule has 2 aromatic carbocycles. The number of hydrogen-bond donors (Lipinski definition) is 1. The predicted octanol–water partition coefficient (Wildman–Crippen LogP) is 4.01. The van der Waals surface area contributed by atoms with E-state index < -0.39 is 0 Å². The maximum absolute atomic E-state index is 12.8. The van der Waals surface area contributed by atoms with E-state index in [4.69, 9.17) is 4.74 Å². The van der Waals surface area contributed by atoms with Crippen molar-refractivity contribution in [2.45, 2.75) is 38.3 Å². The average Bonchev–Trinajstić information content (AvgIpc) is 3.00. The Morgan fingerprint density at radius 1 is 1.12 bits per heavy atom. The number of carbonyl (C=O) groups excluding carboxylic acids is 1. The second kappa shape index (κ2) is 7.12. The molecule has 136 valence electrons. The van der Waals surface area contributed by atoms with Gasteiger partial charge < -0.3 is 15.0 Å². The van der Waals surface area contributed by atoms with Crippen LogP contribution in [0.15, 0.2) is 48.5 Å². The van der Waals surface area contributed by atoms with Crippen molar-refractivity contribution in [2.24, 2.45) is 0 Å². The van der Waals surface area contributed by atoms with Crippen LogP contribution in [-0.2, 0) is 4.74 Å². The summed E-state index contributed by atoms with van der Waals surface area (Å²) >= 11 is 0. The van der Waals surface area contributed by atoms with Crippen molar-refractivity contribution >= 4 is 6.09 Å². The highest BCUT2D eigenvalue weighted by molar-refractivity contribution is 5.79. The van der Waals surface area contributed by atoms with Gasteiger partial charge in [0.1, 0.15) is 6.61 Å². The van der Waals surface area contributed by atoms with Crippen LogP contribution in [0.1, 0.15) is 37.3 Å². The Morgan fingerprint density at radius 3 is 2.35 bits per heavy atom. The number of nitrogens with one attached hydrogen (secondary N) is 1. The van der Waals surface area contributed by atoms with Crippen molar-refractivity contribution in [3.63, 3.8) is 0 Å². The Balaban J connectivity index is 1.52. The van der Waals surface area contributed by atoms with Crippen LogP contribution < -0.4 is 5.32 Å². The van der Waals surface area contributed by atoms with Crippen LogP contribution in [0.2, 0.25) is 0 Å². The average molecular weight is 350 g/mol. The lowest BCUT2D eigenvalue weighted by Gasteiger charge is -2.38. The lowest BCUT2D eigenvalue weighted by Crippen LogP contribution is -2.57. The topological polar surface area (TPSA) is 41.6 Å². The predicted molar refractivity (Wildman–Crippen MR) is 103 cm³/mol. The van der Waals surface area contributed by atoms with Gasteiger partial charge in [0.25, 0.3) is 0 Å². The molecule has 0 saturated carbocycles. The lowest BCUT2D eigenvalue weighted by atomic mass is 9.98. The second-order valence-corrected chi connectivity index (χ2v) is 7.33. The number of amides is 1. The third-order valence-electron chi connectivity index (χ3n) is 5.66. The van der Waals surface area contributed by atoms with Gasteiger partial charge in [-0.2, -0.15) is 0 Å². The quantitative estimate of drug-likeness (QED) is 0.909. The molecule has 0 radical (unpaired) electrons. The molecule has 4 rings (SSSR count). The van der Waals surface area contributed by atoms with Crippen molar-refractivity contribution < 1.29 is 9.53 Å². The van der Waals surface area contributed by atoms with Crippen LogP contribution in [0.25, 0.3) is 11.1 Å². The first kappa shape index (κ1) is 17.1. The SMILES string of the molecule is CC[C@@H]1CN[C@H](C)CN1C(=O)OCC1c2ccccc2-c2ccccc21. The molecule has 2 aromatic rings. The van der Waals surface area contributed by atoms with Crippen molar-refractivity contribution in [3.05, 3.63) is 59.7 Å². The molecule has 1 amide bonds. The smallest absolute Gasteiger partial charge is 0.410 e. The van der Waals surface area contributed by atoms with Crippen LogP contribution in [0.3, 0.4) is 0 Å². The maximum atomic E-state index is 12.8. The summed E-state index contributed by atoms with van der Waals surface area (Å²) in [6.07, 6.45) is 0.747. The van der Waals surface area contributed by atoms with Crippen LogP contribution in [0, 0.1) is 0 Å². The fourth-order valence-electron chi connectivity index (χ4n) is 4.22. The van der Waals surface area contributed by atoms with E-state index in [1.54, 1.807) is 0 Å². The lowest BCUT2D eigenvalue weighted by molar-refractivity contribution is 0.0667. The first-order valence-corrected chi connectivity index (χ1v) is 9.54. The van der Waals surface area contributed by atoms with Gasteiger partial charge in [-0.3, -0.25) is 0 Å². The fraction of sp³-hybridized carbons (Fsp3) is 0.409. The van der Waals surface area contributed by atoms with Crippen LogP contribution in [0.5, 0.6) is 0 Å². The third kappa shape index (κ3) is 2.99. The van der Waals surface area contributed by atoms with Gasteiger partial charge in [-0.05, 0) is 35.6 Å². The molecule has 1 fully saturated rings. The highest BCUT2D eigenvalue weighted by atomic mass is 16.6. The molecule has 0 unspecified atom stereocenters. The summed E-state index contributed by atoms with van der Waals surface area (Å²) in [5.41, 5.74) is 5.02. The summed E-state index contributed by atoms with van der Waals surface area (Å²) in [7, 11) is 0. The van der Waals surface area contributed by atoms with Gasteiger partial charge in [-0.1, -0.05) is 55.5 Å². The van der Waals surface area contributed by atoms with E-state index in [2.05, 4.69) is 67.7 Å². The molecule has 1 aliphatic carbocycles. The number of nitrogens with zero attached hydrogens (tertiary/aromatic N) is 1. The zero-order chi connectivity index (χ0) is 18.1. The molecule has 0 aromatic heterocycles. The van der Waals surface area contributed by atoms with E-state index in [1.165, 1.54) is 22.3 Å². The van der Waals surface area contributed by atoms with Crippen molar-refractivity contribution in [3.8, 4) is 11.1 Å². The summed E-state index contributed by atoms with van der Waals surface area (Å²) in [6.45, 7) is 6.15. The van der Waals surface area contributed by atoms with Crippen molar-refractivity contribution in [1.82, 2.24) is 10.2 Å². The molecular weight excluding hydrogens is 324 g/mol. The zero-order valence-electron chi connectivity index (χ0n) is 15.4. The molecule has 1 heterocycles. The number of carbonyl (C=O) groups is 1. The molecule has 26 heavy (non-hydrogen) atoms. The van der Waals surface area contributed by atoms with Crippen LogP contribution in [0.4, 0.5) is 4.79 Å². The number of hydrogen-bond acceptors (Lipinski definition) is 3. The van der Waals surface area contributed by atoms with Gasteiger partial charge in [0.05, 0.1) is 0 Å². The molecule has 1 N–H and O–H groups in total. The van der Waals surface area contributed by atoms with E-state index in [1.807, 2.05) is 4.90 Å². The zero-order valence-corrected chi connectivity index (χ0v) is 15.4. The summed E-state index contributed by atoms with van der Waals surface area (Å²) in [4.78, 5) is 14.7. The molecular formula is C22H26N2O2. The van der Waals surface area contributed by atoms with E-state index in [0.29, 0.717) is 19.2 Å². The van der Waals surface area contributed by atoms with Crippen molar-refractivity contribution in [1.29, 1.82) is 0 Å². The number of piperazine rings is 1. The Labute approximate surface area is 155 Å². The summed E-state index contributed by atoms with van der Waals surface area (Å²) < 4.78 is 5.82. The molecule has 0 bridgehead atoms. The number of ether oxygens (including phenoxy) is 1. The highest BCUT2D eigenvalue weighted by Gasteiger charge is 2.32. The standard InChI is InChI=1S/C22H26N2O2/c1-3-16-12-23-15(2)13-24(16)22(25)26-14-21-19-10-6-4-8-17(19)18-9-5-7-11-20(18)21/h4-11,15-16,21,23H,3,12-14H2,1-2H3/t15-,16-/m1/s1. The molecule has 4 heteroatoms. The molecule has 1 saturated heterocycles. The summed E-state index contributed by atoms with van der Waals surface area (Å²) in [6, 6.07) is 17.4. The van der Waals surface area contributed by atoms with E-state index in [0.717, 1.165) is 13.0 Å². The largest absolute Gasteiger partial charge is 0.448 e. The first-order valence-electron chi connectivity index (χ1n) is 9.54. The van der Waals surface area contributed by atoms with Gasteiger partial charge in [-0.15, -0.1) is 0 Å². The Bertz CT molecular complexity index is 759. The number of fused-ring (bicyclic) bond motifs is 3. The third-order valence-corrected chi connectivity index (χ3v) is 5.66. The van der Waals surface area contributed by atoms with E-state index in [9.17, 15) is 4.79 Å². The molecule has 0 spiro atoms. The van der Waals surface area contributed by atoms with Crippen LogP contribution >= 0.6 is 0 Å². The minimum atomic E-state index is -0.188. The normalized spacial score (nSPS) is 22.0. The highest BCUT2D eigenvalue weighted by Crippen LogP contribution is 2.44. The maximum Gasteiger partial charge on any atom is 0.410 e. The number of rotatable bonds is 3. The summed E-state index contributed by atoms with van der Waals surface area (Å²) in [5.74, 6) is 0.117. The van der Waals surface area contributed by atoms with Crippen molar-refractivity contribution in [2.75, 3.05) is 19.7 Å². The van der Waals surface area contributed by atoms with E-state index in [-0.39, 0.29) is 18.1 Å². The van der Waals surface area contributed by atoms with Gasteiger partial charge >= 0.3 is 6.09 Å². The van der Waals surface area contributed by atoms with Gasteiger partial charge in [0.2, 0.25) is 0 Å². The molecule has 2 aliphatic rings. The monoisotopic (exact) mass is 350 g/mol. The Morgan fingerprint density at radius 2 is 1.73 bits per heavy atom. The van der Waals surface area contributed by atoms with E-state index >= 15 is 0 Å². The fourth-order valence-corrected chi connectivity index (χ4v) is 4.22. The Hall–Kier alpha value is -2.33. The first-order chi connectivity index (χ1) is 12.7.